The molecule has 20 heavy (non-hydrogen) atoms. The van der Waals surface area contributed by atoms with E-state index in [4.69, 9.17) is 9.47 Å². The second-order valence-electron chi connectivity index (χ2n) is 4.76. The zero-order chi connectivity index (χ0) is 14.4. The van der Waals surface area contributed by atoms with Gasteiger partial charge >= 0.3 is 5.97 Å². The summed E-state index contributed by atoms with van der Waals surface area (Å²) in [4.78, 5) is 11.2. The molecule has 0 aromatic heterocycles. The minimum atomic E-state index is -0.274. The summed E-state index contributed by atoms with van der Waals surface area (Å²) in [6.45, 7) is 0.176. The summed E-state index contributed by atoms with van der Waals surface area (Å²) < 4.78 is 15.4. The average molecular weight is 280 g/mol. The summed E-state index contributed by atoms with van der Waals surface area (Å²) in [6, 6.07) is 7.93. The second-order valence-corrected chi connectivity index (χ2v) is 4.76. The molecule has 1 aliphatic heterocycles. The molecule has 1 saturated heterocycles. The van der Waals surface area contributed by atoms with Gasteiger partial charge in [-0.05, 0) is 17.5 Å². The third-order valence-corrected chi connectivity index (χ3v) is 3.52. The van der Waals surface area contributed by atoms with Crippen molar-refractivity contribution in [3.8, 4) is 0 Å². The van der Waals surface area contributed by atoms with Crippen LogP contribution in [0.1, 0.15) is 17.5 Å². The molecule has 1 N–H and O–H groups in total. The van der Waals surface area contributed by atoms with Gasteiger partial charge in [0, 0.05) is 12.8 Å². The van der Waals surface area contributed by atoms with E-state index >= 15 is 0 Å². The van der Waals surface area contributed by atoms with Crippen LogP contribution in [0, 0.1) is 0 Å². The van der Waals surface area contributed by atoms with Crippen LogP contribution < -0.4 is 0 Å². The maximum absolute atomic E-state index is 11.2. The van der Waals surface area contributed by atoms with Gasteiger partial charge in [0.05, 0.1) is 19.8 Å². The molecular formula is C15H20O5. The van der Waals surface area contributed by atoms with Crippen LogP contribution in [0.15, 0.2) is 24.3 Å². The number of hydrogen-bond acceptors (Lipinski definition) is 5. The van der Waals surface area contributed by atoms with E-state index in [1.807, 2.05) is 24.3 Å². The van der Waals surface area contributed by atoms with Gasteiger partial charge in [-0.15, -0.1) is 0 Å². The van der Waals surface area contributed by atoms with E-state index in [-0.39, 0.29) is 31.6 Å². The smallest absolute Gasteiger partial charge is 0.305 e. The van der Waals surface area contributed by atoms with Crippen LogP contribution in [0.3, 0.4) is 0 Å². The highest BCUT2D eigenvalue weighted by Gasteiger charge is 2.29. The highest BCUT2D eigenvalue weighted by molar-refractivity contribution is 5.69. The third kappa shape index (κ3) is 3.79. The van der Waals surface area contributed by atoms with Crippen LogP contribution in [0.25, 0.3) is 0 Å². The first-order valence-electron chi connectivity index (χ1n) is 6.72. The van der Waals surface area contributed by atoms with E-state index < -0.39 is 0 Å². The molecule has 5 nitrogen and oxygen atoms in total. The lowest BCUT2D eigenvalue weighted by molar-refractivity contribution is -0.140. The number of rotatable bonds is 6. The van der Waals surface area contributed by atoms with Crippen molar-refractivity contribution in [3.05, 3.63) is 35.4 Å². The second kappa shape index (κ2) is 7.38. The molecule has 2 atom stereocenters. The number of esters is 1. The number of benzene rings is 1. The van der Waals surface area contributed by atoms with E-state index in [2.05, 4.69) is 4.74 Å². The molecule has 0 spiro atoms. The Morgan fingerprint density at radius 2 is 2.00 bits per heavy atom. The van der Waals surface area contributed by atoms with Crippen LogP contribution in [-0.4, -0.2) is 43.8 Å². The highest BCUT2D eigenvalue weighted by Crippen LogP contribution is 2.20. The molecular weight excluding hydrogens is 260 g/mol. The summed E-state index contributed by atoms with van der Waals surface area (Å²) in [7, 11) is 1.39. The van der Waals surface area contributed by atoms with Crippen molar-refractivity contribution in [2.45, 2.75) is 31.5 Å². The lowest BCUT2D eigenvalue weighted by Crippen LogP contribution is -2.28. The van der Waals surface area contributed by atoms with E-state index in [0.717, 1.165) is 11.1 Å². The largest absolute Gasteiger partial charge is 0.469 e. The third-order valence-electron chi connectivity index (χ3n) is 3.52. The zero-order valence-electron chi connectivity index (χ0n) is 11.6. The standard InChI is InChI=1S/C15H20O5/c1-18-15(17)7-6-11-4-2-3-5-12(11)8-13-14(9-16)20-10-19-13/h2-5,13-14,16H,6-10H2,1H3/t13-,14-/m0/s1. The lowest BCUT2D eigenvalue weighted by Gasteiger charge is -2.16. The van der Waals surface area contributed by atoms with Gasteiger partial charge in [0.25, 0.3) is 0 Å². The molecule has 0 saturated carbocycles. The maximum atomic E-state index is 11.2. The van der Waals surface area contributed by atoms with Gasteiger partial charge in [-0.3, -0.25) is 4.79 Å². The summed E-state index contributed by atoms with van der Waals surface area (Å²) in [5.74, 6) is -0.214. The summed E-state index contributed by atoms with van der Waals surface area (Å²) in [6.07, 6.45) is 1.25. The summed E-state index contributed by atoms with van der Waals surface area (Å²) in [5.41, 5.74) is 2.22. The maximum Gasteiger partial charge on any atom is 0.305 e. The van der Waals surface area contributed by atoms with E-state index in [1.165, 1.54) is 7.11 Å². The molecule has 0 amide bonds. The van der Waals surface area contributed by atoms with Crippen LogP contribution in [0.2, 0.25) is 0 Å². The molecule has 1 aliphatic rings. The Bertz CT molecular complexity index is 446. The molecule has 1 fully saturated rings. The Labute approximate surface area is 118 Å². The number of hydrogen-bond donors (Lipinski definition) is 1. The molecule has 0 unspecified atom stereocenters. The first-order chi connectivity index (χ1) is 9.74. The Morgan fingerprint density at radius 3 is 2.70 bits per heavy atom. The first-order valence-corrected chi connectivity index (χ1v) is 6.72. The summed E-state index contributed by atoms with van der Waals surface area (Å²) >= 11 is 0. The first kappa shape index (κ1) is 15.0. The number of methoxy groups -OCH3 is 1. The molecule has 1 heterocycles. The number of ether oxygens (including phenoxy) is 3. The number of aryl methyl sites for hydroxylation is 1. The van der Waals surface area contributed by atoms with E-state index in [1.54, 1.807) is 0 Å². The number of carbonyl (C=O) groups is 1. The average Bonchev–Trinajstić information content (AvgIpc) is 2.93. The van der Waals surface area contributed by atoms with Crippen molar-refractivity contribution in [1.82, 2.24) is 0 Å². The molecule has 5 heteroatoms. The molecule has 1 aromatic carbocycles. The number of aliphatic hydroxyl groups excluding tert-OH is 1. The van der Waals surface area contributed by atoms with Gasteiger partial charge < -0.3 is 19.3 Å². The SMILES string of the molecule is COC(=O)CCc1ccccc1C[C@@H]1OCO[C@H]1CO. The monoisotopic (exact) mass is 280 g/mol. The van der Waals surface area contributed by atoms with Gasteiger partial charge in [-0.2, -0.15) is 0 Å². The van der Waals surface area contributed by atoms with Gasteiger partial charge in [-0.1, -0.05) is 24.3 Å². The van der Waals surface area contributed by atoms with Crippen LogP contribution >= 0.6 is 0 Å². The molecule has 0 bridgehead atoms. The normalized spacial score (nSPS) is 21.9. The predicted octanol–water partition coefficient (Wildman–Crippen LogP) is 1.07. The Kier molecular flexibility index (Phi) is 5.52. The van der Waals surface area contributed by atoms with Crippen molar-refractivity contribution in [2.75, 3.05) is 20.5 Å². The molecule has 1 aromatic rings. The number of aliphatic hydroxyl groups is 1. The summed E-state index contributed by atoms with van der Waals surface area (Å²) in [5, 5.41) is 9.23. The Morgan fingerprint density at radius 1 is 1.30 bits per heavy atom. The molecule has 2 rings (SSSR count). The van der Waals surface area contributed by atoms with Crippen molar-refractivity contribution in [3.63, 3.8) is 0 Å². The van der Waals surface area contributed by atoms with Gasteiger partial charge in [-0.25, -0.2) is 0 Å². The Balaban J connectivity index is 2.02. The highest BCUT2D eigenvalue weighted by atomic mass is 16.7. The van der Waals surface area contributed by atoms with Crippen LogP contribution in [0.4, 0.5) is 0 Å². The van der Waals surface area contributed by atoms with Crippen molar-refractivity contribution in [2.24, 2.45) is 0 Å². The van der Waals surface area contributed by atoms with Crippen molar-refractivity contribution < 1.29 is 24.1 Å². The van der Waals surface area contributed by atoms with E-state index in [9.17, 15) is 9.90 Å². The Hall–Kier alpha value is -1.43. The van der Waals surface area contributed by atoms with Gasteiger partial charge in [0.15, 0.2) is 0 Å². The van der Waals surface area contributed by atoms with Crippen molar-refractivity contribution >= 4 is 5.97 Å². The lowest BCUT2D eigenvalue weighted by atomic mass is 9.96. The van der Waals surface area contributed by atoms with Crippen LogP contribution in [0.5, 0.6) is 0 Å². The quantitative estimate of drug-likeness (QED) is 0.790. The number of carbonyl (C=O) groups excluding carboxylic acids is 1. The molecule has 0 aliphatic carbocycles. The predicted molar refractivity (Wildman–Crippen MR) is 72.2 cm³/mol. The topological polar surface area (TPSA) is 65.0 Å². The fourth-order valence-corrected chi connectivity index (χ4v) is 2.35. The van der Waals surface area contributed by atoms with E-state index in [0.29, 0.717) is 19.3 Å². The fourth-order valence-electron chi connectivity index (χ4n) is 2.35. The fraction of sp³-hybridized carbons (Fsp3) is 0.533. The molecule has 0 radical (unpaired) electrons. The van der Waals surface area contributed by atoms with Gasteiger partial charge in [0.1, 0.15) is 12.9 Å². The van der Waals surface area contributed by atoms with Gasteiger partial charge in [0.2, 0.25) is 0 Å². The zero-order valence-corrected chi connectivity index (χ0v) is 11.6. The minimum absolute atomic E-state index is 0.0466. The minimum Gasteiger partial charge on any atom is -0.469 e. The van der Waals surface area contributed by atoms with Crippen molar-refractivity contribution in [1.29, 1.82) is 0 Å². The molecule has 110 valence electrons. The van der Waals surface area contributed by atoms with Crippen LogP contribution in [-0.2, 0) is 31.8 Å².